The first kappa shape index (κ1) is 37.3. The van der Waals surface area contributed by atoms with Crippen LogP contribution in [0.4, 0.5) is 0 Å². The maximum absolute atomic E-state index is 9.87. The molecule has 2 saturated carbocycles. The molecule has 3 aromatic carbocycles. The lowest BCUT2D eigenvalue weighted by molar-refractivity contribution is 0.163. The van der Waals surface area contributed by atoms with Crippen LogP contribution in [0, 0.1) is 6.32 Å². The number of allylic oxidation sites excluding steroid dienone is 2. The van der Waals surface area contributed by atoms with Gasteiger partial charge in [-0.05, 0) is 117 Å². The highest BCUT2D eigenvalue weighted by molar-refractivity contribution is 9.10. The van der Waals surface area contributed by atoms with Crippen LogP contribution in [0.25, 0.3) is 5.57 Å². The summed E-state index contributed by atoms with van der Waals surface area (Å²) in [6.07, 6.45) is 15.9. The van der Waals surface area contributed by atoms with Gasteiger partial charge in [-0.3, -0.25) is 0 Å². The van der Waals surface area contributed by atoms with Crippen molar-refractivity contribution in [2.24, 2.45) is 0 Å². The van der Waals surface area contributed by atoms with Crippen molar-refractivity contribution < 1.29 is 9.53 Å². The van der Waals surface area contributed by atoms with Crippen LogP contribution in [0.15, 0.2) is 87.8 Å². The van der Waals surface area contributed by atoms with E-state index >= 15 is 0 Å². The standard InChI is InChI=1S/C17H27BrOSi.C12H17BO.C11H11Br/c1-17(2,3)20(4,5)19-16-12-8-10-14(16)13-9-6-7-11-15(13)18;13-8-9-4-1-2-5-10(9)11-6-3-7-12(11)14;12-11-8-4-3-7-10(11)9-5-1-2-6-9/h6-7,9,11,14,16H,8,10,12H2,1-5H3;1-2,4-5,8,11-12,14H,3,6-7H2,13H3;3-5,7-8H,1-2,6H2/t14?,16-;11?,12-;/m00./s1. The number of hydrogen-bond donors (Lipinski definition) is 1. The molecule has 0 radical (unpaired) electrons. The van der Waals surface area contributed by atoms with Gasteiger partial charge < -0.3 is 9.53 Å². The van der Waals surface area contributed by atoms with Crippen LogP contribution >= 0.6 is 31.9 Å². The van der Waals surface area contributed by atoms with E-state index in [9.17, 15) is 5.11 Å². The minimum atomic E-state index is -1.68. The summed E-state index contributed by atoms with van der Waals surface area (Å²) >= 11 is 7.27. The van der Waals surface area contributed by atoms with E-state index in [2.05, 4.69) is 151 Å². The van der Waals surface area contributed by atoms with Crippen LogP contribution in [0.3, 0.4) is 0 Å². The minimum Gasteiger partial charge on any atom is -0.413 e. The molecule has 0 aliphatic heterocycles. The Balaban J connectivity index is 0.000000163. The van der Waals surface area contributed by atoms with Crippen LogP contribution in [0.5, 0.6) is 0 Å². The Morgan fingerprint density at radius 3 is 1.98 bits per heavy atom. The Morgan fingerprint density at radius 2 is 1.39 bits per heavy atom. The number of aliphatic hydroxyl groups excluding tert-OH is 1. The van der Waals surface area contributed by atoms with Crippen molar-refractivity contribution in [3.8, 4) is 0 Å². The molecule has 6 rings (SSSR count). The lowest BCUT2D eigenvalue weighted by atomic mass is 9.85. The molecule has 1 N–H and O–H groups in total. The number of benzene rings is 3. The lowest BCUT2D eigenvalue weighted by Gasteiger charge is -2.40. The molecule has 0 heterocycles. The minimum absolute atomic E-state index is 0.101. The average molecular weight is 767 g/mol. The molecule has 3 aliphatic rings. The number of hydrogen-bond acceptors (Lipinski definition) is 2. The van der Waals surface area contributed by atoms with Crippen LogP contribution < -0.4 is 0 Å². The molecule has 4 atom stereocenters. The zero-order valence-electron chi connectivity index (χ0n) is 27.9. The molecule has 248 valence electrons. The molecule has 0 spiro atoms. The van der Waals surface area contributed by atoms with Gasteiger partial charge in [-0.1, -0.05) is 102 Å². The number of rotatable bonds is 6. The Bertz CT molecular complexity index is 1430. The normalized spacial score (nSPS) is 22.8. The van der Waals surface area contributed by atoms with Gasteiger partial charge in [0.15, 0.2) is 8.32 Å². The summed E-state index contributed by atoms with van der Waals surface area (Å²) in [7, 11) is -1.37. The van der Waals surface area contributed by atoms with Crippen LogP contribution in [0.2, 0.25) is 18.1 Å². The van der Waals surface area contributed by atoms with Crippen molar-refractivity contribution >= 4 is 53.6 Å². The SMILES string of the molecule is Brc1ccccc1C1=CCCC1.CC(C)(C)[Si](C)(C)O[C@H]1CCCC1c1ccccc1Br.[BH3-][CH+]c1ccccc1C1CCC[C@@H]1O. The quantitative estimate of drug-likeness (QED) is 0.200. The van der Waals surface area contributed by atoms with E-state index in [1.165, 1.54) is 81.7 Å². The predicted octanol–water partition coefficient (Wildman–Crippen LogP) is 11.3. The molecular weight excluding hydrogens is 711 g/mol. The molecule has 0 bridgehead atoms. The predicted molar refractivity (Wildman–Crippen MR) is 211 cm³/mol. The summed E-state index contributed by atoms with van der Waals surface area (Å²) in [4.78, 5) is 0. The molecule has 46 heavy (non-hydrogen) atoms. The Hall–Kier alpha value is -1.57. The fourth-order valence-electron chi connectivity index (χ4n) is 6.54. The highest BCUT2D eigenvalue weighted by atomic mass is 79.9. The maximum atomic E-state index is 9.87. The van der Waals surface area contributed by atoms with Crippen LogP contribution in [-0.4, -0.2) is 33.5 Å². The van der Waals surface area contributed by atoms with E-state index < -0.39 is 8.32 Å². The molecule has 2 nitrogen and oxygen atoms in total. The molecule has 2 fully saturated rings. The van der Waals surface area contributed by atoms with Gasteiger partial charge in [0.05, 0.1) is 29.3 Å². The highest BCUT2D eigenvalue weighted by Gasteiger charge is 2.42. The topological polar surface area (TPSA) is 29.5 Å². The Labute approximate surface area is 298 Å². The largest absolute Gasteiger partial charge is 0.413 e. The maximum Gasteiger partial charge on any atom is 0.192 e. The van der Waals surface area contributed by atoms with E-state index in [-0.39, 0.29) is 11.1 Å². The molecule has 0 aromatic heterocycles. The summed E-state index contributed by atoms with van der Waals surface area (Å²) in [6.45, 7) is 11.7. The van der Waals surface area contributed by atoms with E-state index in [4.69, 9.17) is 4.43 Å². The van der Waals surface area contributed by atoms with Gasteiger partial charge in [-0.15, -0.1) is 0 Å². The van der Waals surface area contributed by atoms with E-state index in [1.807, 2.05) is 0 Å². The van der Waals surface area contributed by atoms with Gasteiger partial charge in [0.25, 0.3) is 0 Å². The van der Waals surface area contributed by atoms with Crippen molar-refractivity contribution in [1.29, 1.82) is 0 Å². The molecule has 0 saturated heterocycles. The summed E-state index contributed by atoms with van der Waals surface area (Å²) in [6, 6.07) is 25.6. The van der Waals surface area contributed by atoms with Crippen molar-refractivity contribution in [2.75, 3.05) is 0 Å². The zero-order valence-corrected chi connectivity index (χ0v) is 32.0. The number of aliphatic hydroxyl groups is 1. The molecular formula is C40H55BBr2O2Si. The second kappa shape index (κ2) is 17.2. The third-order valence-corrected chi connectivity index (χ3v) is 16.1. The van der Waals surface area contributed by atoms with Gasteiger partial charge in [0.2, 0.25) is 0 Å². The Kier molecular flexibility index (Phi) is 13.9. The van der Waals surface area contributed by atoms with Gasteiger partial charge in [0.1, 0.15) is 0 Å². The van der Waals surface area contributed by atoms with E-state index in [0.29, 0.717) is 25.8 Å². The first-order valence-electron chi connectivity index (χ1n) is 16.8. The summed E-state index contributed by atoms with van der Waals surface area (Å²) in [5, 5.41) is 10.2. The van der Waals surface area contributed by atoms with Crippen molar-refractivity contribution in [3.63, 3.8) is 0 Å². The molecule has 2 unspecified atom stereocenters. The van der Waals surface area contributed by atoms with Gasteiger partial charge in [0, 0.05) is 28.8 Å². The van der Waals surface area contributed by atoms with Crippen molar-refractivity contribution in [1.82, 2.24) is 0 Å². The van der Waals surface area contributed by atoms with Crippen LogP contribution in [0.1, 0.15) is 113 Å². The summed E-state index contributed by atoms with van der Waals surface area (Å²) in [5.74, 6) is 0.959. The van der Waals surface area contributed by atoms with Crippen molar-refractivity contribution in [3.05, 3.63) is 116 Å². The first-order chi connectivity index (χ1) is 21.9. The molecule has 3 aromatic rings. The van der Waals surface area contributed by atoms with E-state index in [0.717, 1.165) is 12.8 Å². The van der Waals surface area contributed by atoms with Gasteiger partial charge in [-0.25, -0.2) is 0 Å². The van der Waals surface area contributed by atoms with Gasteiger partial charge >= 0.3 is 0 Å². The third kappa shape index (κ3) is 9.75. The highest BCUT2D eigenvalue weighted by Crippen LogP contribution is 2.45. The molecule has 3 aliphatic carbocycles. The molecule has 6 heteroatoms. The first-order valence-corrected chi connectivity index (χ1v) is 21.3. The van der Waals surface area contributed by atoms with Crippen LogP contribution in [-0.2, 0) is 4.43 Å². The monoisotopic (exact) mass is 764 g/mol. The average Bonchev–Trinajstić information content (AvgIpc) is 3.81. The second-order valence-electron chi connectivity index (χ2n) is 14.3. The van der Waals surface area contributed by atoms with Gasteiger partial charge in [-0.2, -0.15) is 6.32 Å². The van der Waals surface area contributed by atoms with E-state index in [1.54, 1.807) is 0 Å². The zero-order chi connectivity index (χ0) is 33.3. The van der Waals surface area contributed by atoms with Crippen molar-refractivity contribution in [2.45, 2.75) is 121 Å². The smallest absolute Gasteiger partial charge is 0.192 e. The molecule has 0 amide bonds. The third-order valence-electron chi connectivity index (χ3n) is 10.1. The summed E-state index contributed by atoms with van der Waals surface area (Å²) < 4.78 is 9.16. The fraction of sp³-hybridized carbons (Fsp3) is 0.475. The lowest BCUT2D eigenvalue weighted by Crippen LogP contribution is -2.44. The summed E-state index contributed by atoms with van der Waals surface area (Å²) in [5.41, 5.74) is 7.07. The second-order valence-corrected chi connectivity index (χ2v) is 20.8. The number of halogens is 2. The fourth-order valence-corrected chi connectivity index (χ4v) is 9.05. The Morgan fingerprint density at radius 1 is 0.783 bits per heavy atom.